The molecule has 13 rings (SSSR count). The Morgan fingerprint density at radius 1 is 0.530 bits per heavy atom. The number of thiophene rings is 1. The van der Waals surface area contributed by atoms with Crippen molar-refractivity contribution < 1.29 is 0 Å². The third-order valence-electron chi connectivity index (χ3n) is 18.1. The van der Waals surface area contributed by atoms with Crippen LogP contribution in [-0.2, 0) is 32.5 Å². The summed E-state index contributed by atoms with van der Waals surface area (Å²) in [6, 6.07) is 37.8. The van der Waals surface area contributed by atoms with Gasteiger partial charge in [0.05, 0.1) is 5.69 Å². The van der Waals surface area contributed by atoms with Crippen molar-refractivity contribution in [3.8, 4) is 0 Å². The SMILES string of the molecule is CC(C)(C)c1ccc(N2c3ccc(C(C)(C)C)cc3B3c4sc5ccc(C67CC8CC(CC(C8)C6)C7)cc5c4N(c4ccc5c(c4)C(C)(C)CCC5(C)C)c4cc(C(C)(C)C)cc2c43)cc1. The molecule has 7 aliphatic rings. The number of hydrogen-bond donors (Lipinski definition) is 0. The molecule has 0 amide bonds. The van der Waals surface area contributed by atoms with E-state index in [-0.39, 0.29) is 33.8 Å². The molecule has 0 unspecified atom stereocenters. The highest BCUT2D eigenvalue weighted by Gasteiger charge is 2.52. The topological polar surface area (TPSA) is 6.48 Å². The molecule has 5 aliphatic carbocycles. The van der Waals surface area contributed by atoms with E-state index in [9.17, 15) is 0 Å². The third kappa shape index (κ3) is 6.45. The minimum absolute atomic E-state index is 0.00752. The van der Waals surface area contributed by atoms with Gasteiger partial charge in [-0.3, -0.25) is 0 Å². The number of fused-ring (bicyclic) bond motifs is 7. The first kappa shape index (κ1) is 43.0. The van der Waals surface area contributed by atoms with Crippen molar-refractivity contribution in [2.45, 2.75) is 174 Å². The van der Waals surface area contributed by atoms with Gasteiger partial charge in [0.15, 0.2) is 0 Å². The standard InChI is InChI=1S/C62H73BN2S/c1-57(2,3)40-14-18-44(19-15-40)64-50-22-16-41(58(4,5)6)30-49(50)63-54-51(64)31-43(59(7,8)9)32-52(54)65(45-20-21-47-48(33-45)61(12,13)25-24-60(47,10)11)55-46-29-42(17-23-53(46)66-56(55)63)62-34-37-26-38(35-62)28-39(27-37)36-62/h14-23,29-33,37-39H,24-28,34-36H2,1-13H3. The Hall–Kier alpha value is -4.28. The maximum atomic E-state index is 2.79. The number of benzene rings is 5. The monoisotopic (exact) mass is 889 g/mol. The molecule has 0 saturated heterocycles. The molecular weight excluding hydrogens is 816 g/mol. The Bertz CT molecular complexity index is 2940. The Labute approximate surface area is 401 Å². The fourth-order valence-electron chi connectivity index (χ4n) is 14.6. The zero-order chi connectivity index (χ0) is 46.2. The fourth-order valence-corrected chi connectivity index (χ4v) is 15.9. The van der Waals surface area contributed by atoms with Crippen molar-refractivity contribution in [1.82, 2.24) is 0 Å². The summed E-state index contributed by atoms with van der Waals surface area (Å²) in [5.74, 6) is 2.73. The molecule has 2 aliphatic heterocycles. The lowest BCUT2D eigenvalue weighted by atomic mass is 9.36. The van der Waals surface area contributed by atoms with E-state index < -0.39 is 0 Å². The van der Waals surface area contributed by atoms with Crippen LogP contribution in [0.5, 0.6) is 0 Å². The maximum absolute atomic E-state index is 2.79. The van der Waals surface area contributed by atoms with Gasteiger partial charge in [-0.25, -0.2) is 0 Å². The fraction of sp³-hybridized carbons (Fsp3) is 0.484. The van der Waals surface area contributed by atoms with Crippen LogP contribution in [0, 0.1) is 17.8 Å². The zero-order valence-electron chi connectivity index (χ0n) is 42.4. The summed E-state index contributed by atoms with van der Waals surface area (Å²) < 4.78 is 2.93. The second-order valence-electron chi connectivity index (χ2n) is 26.8. The van der Waals surface area contributed by atoms with Gasteiger partial charge in [-0.05, 0) is 201 Å². The average molecular weight is 889 g/mol. The summed E-state index contributed by atoms with van der Waals surface area (Å²) >= 11 is 2.08. The molecular formula is C62H73BN2S. The molecule has 4 saturated carbocycles. The van der Waals surface area contributed by atoms with Gasteiger partial charge in [0, 0.05) is 43.3 Å². The van der Waals surface area contributed by atoms with E-state index in [0.29, 0.717) is 5.41 Å². The van der Waals surface area contributed by atoms with E-state index in [1.807, 2.05) is 0 Å². The Morgan fingerprint density at radius 3 is 1.70 bits per heavy atom. The number of nitrogens with zero attached hydrogens (tertiary/aromatic N) is 2. The molecule has 0 N–H and O–H groups in total. The largest absolute Gasteiger partial charge is 0.311 e. The summed E-state index contributed by atoms with van der Waals surface area (Å²) in [6.07, 6.45) is 11.0. The lowest BCUT2D eigenvalue weighted by Crippen LogP contribution is -2.60. The van der Waals surface area contributed by atoms with Crippen LogP contribution in [0.1, 0.15) is 175 Å². The quantitative estimate of drug-likeness (QED) is 0.163. The van der Waals surface area contributed by atoms with Crippen molar-refractivity contribution in [2.75, 3.05) is 9.80 Å². The summed E-state index contributed by atoms with van der Waals surface area (Å²) in [7, 11) is 0. The van der Waals surface area contributed by atoms with Gasteiger partial charge in [-0.15, -0.1) is 11.3 Å². The zero-order valence-corrected chi connectivity index (χ0v) is 43.2. The highest BCUT2D eigenvalue weighted by molar-refractivity contribution is 7.33. The summed E-state index contributed by atoms with van der Waals surface area (Å²) in [6.45, 7) is 31.4. The summed E-state index contributed by atoms with van der Waals surface area (Å²) in [5.41, 5.74) is 20.2. The van der Waals surface area contributed by atoms with Crippen molar-refractivity contribution in [3.05, 3.63) is 124 Å². The Balaban J connectivity index is 1.18. The maximum Gasteiger partial charge on any atom is 0.264 e. The van der Waals surface area contributed by atoms with Gasteiger partial charge in [0.25, 0.3) is 6.71 Å². The third-order valence-corrected chi connectivity index (χ3v) is 19.4. The summed E-state index contributed by atoms with van der Waals surface area (Å²) in [5, 5.41) is 1.46. The van der Waals surface area contributed by atoms with Crippen molar-refractivity contribution in [2.24, 2.45) is 17.8 Å². The van der Waals surface area contributed by atoms with Crippen LogP contribution in [0.4, 0.5) is 34.1 Å². The van der Waals surface area contributed by atoms with Gasteiger partial charge >= 0.3 is 0 Å². The minimum atomic E-state index is -0.0740. The first-order chi connectivity index (χ1) is 31.0. The molecule has 0 radical (unpaired) electrons. The van der Waals surface area contributed by atoms with Crippen LogP contribution in [0.25, 0.3) is 10.1 Å². The smallest absolute Gasteiger partial charge is 0.264 e. The average Bonchev–Trinajstić information content (AvgIpc) is 3.62. The van der Waals surface area contributed by atoms with Gasteiger partial charge in [0.2, 0.25) is 0 Å². The second kappa shape index (κ2) is 13.9. The molecule has 3 heterocycles. The van der Waals surface area contributed by atoms with E-state index in [1.165, 1.54) is 139 Å². The van der Waals surface area contributed by atoms with Crippen LogP contribution >= 0.6 is 11.3 Å². The Kier molecular flexibility index (Phi) is 9.08. The molecule has 0 atom stereocenters. The van der Waals surface area contributed by atoms with Gasteiger partial charge < -0.3 is 9.80 Å². The van der Waals surface area contributed by atoms with Crippen molar-refractivity contribution in [3.63, 3.8) is 0 Å². The molecule has 6 aromatic rings. The molecule has 66 heavy (non-hydrogen) atoms. The molecule has 1 aromatic heterocycles. The lowest BCUT2D eigenvalue weighted by Gasteiger charge is -2.57. The van der Waals surface area contributed by atoms with Crippen LogP contribution in [0.2, 0.25) is 0 Å². The van der Waals surface area contributed by atoms with Crippen molar-refractivity contribution >= 4 is 78.0 Å². The number of anilines is 6. The Morgan fingerprint density at radius 2 is 1.09 bits per heavy atom. The van der Waals surface area contributed by atoms with E-state index >= 15 is 0 Å². The van der Waals surface area contributed by atoms with Gasteiger partial charge in [-0.2, -0.15) is 0 Å². The predicted octanol–water partition coefficient (Wildman–Crippen LogP) is 15.7. The first-order valence-electron chi connectivity index (χ1n) is 25.7. The van der Waals surface area contributed by atoms with Crippen LogP contribution in [0.3, 0.4) is 0 Å². The summed E-state index contributed by atoms with van der Waals surface area (Å²) in [4.78, 5) is 5.43. The van der Waals surface area contributed by atoms with E-state index in [4.69, 9.17) is 0 Å². The molecule has 340 valence electrons. The van der Waals surface area contributed by atoms with Gasteiger partial charge in [-0.1, -0.05) is 126 Å². The number of hydrogen-bond acceptors (Lipinski definition) is 3. The van der Waals surface area contributed by atoms with Crippen LogP contribution < -0.4 is 25.5 Å². The predicted molar refractivity (Wildman–Crippen MR) is 287 cm³/mol. The molecule has 0 spiro atoms. The molecule has 4 fully saturated rings. The molecule has 5 aromatic carbocycles. The van der Waals surface area contributed by atoms with Crippen LogP contribution in [-0.4, -0.2) is 6.71 Å². The first-order valence-corrected chi connectivity index (χ1v) is 26.6. The van der Waals surface area contributed by atoms with Crippen LogP contribution in [0.15, 0.2) is 91.0 Å². The van der Waals surface area contributed by atoms with E-state index in [0.717, 1.165) is 17.8 Å². The van der Waals surface area contributed by atoms with E-state index in [1.54, 1.807) is 5.56 Å². The second-order valence-corrected chi connectivity index (χ2v) is 27.9. The molecule has 4 bridgehead atoms. The van der Waals surface area contributed by atoms with Gasteiger partial charge in [0.1, 0.15) is 0 Å². The van der Waals surface area contributed by atoms with E-state index in [2.05, 4.69) is 202 Å². The van der Waals surface area contributed by atoms with Crippen molar-refractivity contribution in [1.29, 1.82) is 0 Å². The lowest BCUT2D eigenvalue weighted by molar-refractivity contribution is -0.00512. The number of rotatable bonds is 3. The normalized spacial score (nSPS) is 24.6. The highest BCUT2D eigenvalue weighted by Crippen LogP contribution is 2.62. The molecule has 2 nitrogen and oxygen atoms in total. The molecule has 4 heteroatoms. The highest BCUT2D eigenvalue weighted by atomic mass is 32.1. The minimum Gasteiger partial charge on any atom is -0.311 e.